The smallest absolute Gasteiger partial charge is 0.260 e. The predicted octanol–water partition coefficient (Wildman–Crippen LogP) is 2.16. The SMILES string of the molecule is Cc1cc(CC[C@@H]2CN(C(=O)COc3cccc(F)c3)CCO2)ncn1. The second-order valence-electron chi connectivity index (χ2n) is 6.27. The molecule has 1 atom stereocenters. The van der Waals surface area contributed by atoms with Gasteiger partial charge in [-0.15, -0.1) is 0 Å². The number of rotatable bonds is 6. The zero-order valence-corrected chi connectivity index (χ0v) is 14.7. The van der Waals surface area contributed by atoms with Gasteiger partial charge in [0.05, 0.1) is 12.7 Å². The summed E-state index contributed by atoms with van der Waals surface area (Å²) in [7, 11) is 0. The van der Waals surface area contributed by atoms with Crippen LogP contribution in [-0.2, 0) is 16.0 Å². The molecule has 1 aromatic heterocycles. The van der Waals surface area contributed by atoms with Crippen LogP contribution in [-0.4, -0.2) is 53.2 Å². The summed E-state index contributed by atoms with van der Waals surface area (Å²) in [6.45, 7) is 3.38. The van der Waals surface area contributed by atoms with Gasteiger partial charge in [-0.25, -0.2) is 14.4 Å². The summed E-state index contributed by atoms with van der Waals surface area (Å²) in [4.78, 5) is 22.4. The third-order valence-corrected chi connectivity index (χ3v) is 4.23. The fourth-order valence-corrected chi connectivity index (χ4v) is 2.87. The summed E-state index contributed by atoms with van der Waals surface area (Å²) in [6, 6.07) is 7.73. The van der Waals surface area contributed by atoms with Gasteiger partial charge < -0.3 is 14.4 Å². The van der Waals surface area contributed by atoms with Crippen LogP contribution in [0, 0.1) is 12.7 Å². The lowest BCUT2D eigenvalue weighted by Crippen LogP contribution is -2.47. The molecule has 0 aliphatic carbocycles. The van der Waals surface area contributed by atoms with Crippen molar-refractivity contribution in [3.05, 3.63) is 53.9 Å². The molecule has 0 unspecified atom stereocenters. The molecule has 3 rings (SSSR count). The Morgan fingerprint density at radius 1 is 1.38 bits per heavy atom. The summed E-state index contributed by atoms with van der Waals surface area (Å²) in [6.07, 6.45) is 3.09. The molecule has 0 N–H and O–H groups in total. The van der Waals surface area contributed by atoms with Gasteiger partial charge in [-0.05, 0) is 38.0 Å². The molecular formula is C19H22FN3O3. The minimum absolute atomic E-state index is 0.0304. The van der Waals surface area contributed by atoms with Gasteiger partial charge in [0.25, 0.3) is 5.91 Å². The first-order valence-corrected chi connectivity index (χ1v) is 8.65. The van der Waals surface area contributed by atoms with Crippen LogP contribution in [0.3, 0.4) is 0 Å². The molecule has 1 aromatic carbocycles. The average Bonchev–Trinajstić information content (AvgIpc) is 2.65. The molecule has 0 spiro atoms. The molecule has 7 heteroatoms. The third kappa shape index (κ3) is 5.23. The van der Waals surface area contributed by atoms with Crippen LogP contribution in [0.4, 0.5) is 4.39 Å². The van der Waals surface area contributed by atoms with Crippen molar-refractivity contribution in [3.8, 4) is 5.75 Å². The number of carbonyl (C=O) groups excluding carboxylic acids is 1. The fraction of sp³-hybridized carbons (Fsp3) is 0.421. The second kappa shape index (κ2) is 8.71. The number of hydrogen-bond donors (Lipinski definition) is 0. The van der Waals surface area contributed by atoms with Crippen molar-refractivity contribution in [1.29, 1.82) is 0 Å². The van der Waals surface area contributed by atoms with Gasteiger partial charge in [0.2, 0.25) is 0 Å². The number of carbonyl (C=O) groups is 1. The maximum atomic E-state index is 13.1. The zero-order chi connectivity index (χ0) is 18.4. The molecular weight excluding hydrogens is 337 g/mol. The van der Waals surface area contributed by atoms with Crippen molar-refractivity contribution in [3.63, 3.8) is 0 Å². The molecule has 2 heterocycles. The summed E-state index contributed by atoms with van der Waals surface area (Å²) in [5.74, 6) is -0.163. The topological polar surface area (TPSA) is 64.6 Å². The monoisotopic (exact) mass is 359 g/mol. The Kier molecular flexibility index (Phi) is 6.12. The molecule has 2 aromatic rings. The molecule has 1 fully saturated rings. The Morgan fingerprint density at radius 3 is 3.08 bits per heavy atom. The minimum Gasteiger partial charge on any atom is -0.484 e. The molecule has 1 aliphatic rings. The Balaban J connectivity index is 1.47. The number of aryl methyl sites for hydroxylation is 2. The fourth-order valence-electron chi connectivity index (χ4n) is 2.87. The number of aromatic nitrogens is 2. The Hall–Kier alpha value is -2.54. The lowest BCUT2D eigenvalue weighted by Gasteiger charge is -2.33. The number of nitrogens with zero attached hydrogens (tertiary/aromatic N) is 3. The van der Waals surface area contributed by atoms with Gasteiger partial charge in [-0.2, -0.15) is 0 Å². The predicted molar refractivity (Wildman–Crippen MR) is 93.3 cm³/mol. The second-order valence-corrected chi connectivity index (χ2v) is 6.27. The van der Waals surface area contributed by atoms with Gasteiger partial charge in [0.1, 0.15) is 17.9 Å². The van der Waals surface area contributed by atoms with Crippen molar-refractivity contribution in [2.75, 3.05) is 26.3 Å². The molecule has 1 saturated heterocycles. The first-order chi connectivity index (χ1) is 12.6. The van der Waals surface area contributed by atoms with E-state index in [9.17, 15) is 9.18 Å². The third-order valence-electron chi connectivity index (χ3n) is 4.23. The van der Waals surface area contributed by atoms with E-state index in [1.54, 1.807) is 23.4 Å². The van der Waals surface area contributed by atoms with Crippen LogP contribution in [0.15, 0.2) is 36.7 Å². The molecule has 26 heavy (non-hydrogen) atoms. The van der Waals surface area contributed by atoms with Crippen LogP contribution in [0.2, 0.25) is 0 Å². The van der Waals surface area contributed by atoms with Crippen molar-refractivity contribution in [2.24, 2.45) is 0 Å². The van der Waals surface area contributed by atoms with Crippen molar-refractivity contribution in [1.82, 2.24) is 14.9 Å². The van der Waals surface area contributed by atoms with E-state index in [2.05, 4.69) is 9.97 Å². The quantitative estimate of drug-likeness (QED) is 0.791. The normalized spacial score (nSPS) is 17.2. The molecule has 138 valence electrons. The van der Waals surface area contributed by atoms with Crippen LogP contribution >= 0.6 is 0 Å². The minimum atomic E-state index is -0.388. The highest BCUT2D eigenvalue weighted by atomic mass is 19.1. The summed E-state index contributed by atoms with van der Waals surface area (Å²) in [5, 5.41) is 0. The summed E-state index contributed by atoms with van der Waals surface area (Å²) >= 11 is 0. The highest BCUT2D eigenvalue weighted by Crippen LogP contribution is 2.14. The van der Waals surface area contributed by atoms with Crippen molar-refractivity contribution >= 4 is 5.91 Å². The standard InChI is InChI=1S/C19H22FN3O3/c1-14-9-16(22-13-21-14)5-6-18-11-23(7-8-25-18)19(24)12-26-17-4-2-3-15(20)10-17/h2-4,9-10,13,18H,5-8,11-12H2,1H3/t18-/m1/s1. The van der Waals surface area contributed by atoms with Crippen LogP contribution in [0.1, 0.15) is 17.8 Å². The van der Waals surface area contributed by atoms with E-state index in [1.165, 1.54) is 12.1 Å². The largest absolute Gasteiger partial charge is 0.484 e. The number of amides is 1. The molecule has 1 aliphatic heterocycles. The number of benzene rings is 1. The highest BCUT2D eigenvalue weighted by molar-refractivity contribution is 5.77. The summed E-state index contributed by atoms with van der Waals surface area (Å²) < 4.78 is 24.3. The van der Waals surface area contributed by atoms with Crippen molar-refractivity contribution in [2.45, 2.75) is 25.9 Å². The van der Waals surface area contributed by atoms with Gasteiger partial charge in [-0.1, -0.05) is 6.07 Å². The Bertz CT molecular complexity index is 756. The van der Waals surface area contributed by atoms with Crippen LogP contribution < -0.4 is 4.74 Å². The van der Waals surface area contributed by atoms with Crippen molar-refractivity contribution < 1.29 is 18.7 Å². The van der Waals surface area contributed by atoms with E-state index in [4.69, 9.17) is 9.47 Å². The Labute approximate surface area is 152 Å². The number of halogens is 1. The zero-order valence-electron chi connectivity index (χ0n) is 14.7. The van der Waals surface area contributed by atoms with Gasteiger partial charge >= 0.3 is 0 Å². The number of hydrogen-bond acceptors (Lipinski definition) is 5. The van der Waals surface area contributed by atoms with Gasteiger partial charge in [0, 0.05) is 30.5 Å². The van der Waals surface area contributed by atoms with Crippen LogP contribution in [0.5, 0.6) is 5.75 Å². The van der Waals surface area contributed by atoms with E-state index >= 15 is 0 Å². The van der Waals surface area contributed by atoms with E-state index in [-0.39, 0.29) is 24.4 Å². The first-order valence-electron chi connectivity index (χ1n) is 8.65. The first kappa shape index (κ1) is 18.3. The molecule has 0 radical (unpaired) electrons. The lowest BCUT2D eigenvalue weighted by atomic mass is 10.1. The average molecular weight is 359 g/mol. The van der Waals surface area contributed by atoms with Gasteiger partial charge in [0.15, 0.2) is 6.61 Å². The van der Waals surface area contributed by atoms with E-state index in [0.29, 0.717) is 25.4 Å². The molecule has 0 bridgehead atoms. The lowest BCUT2D eigenvalue weighted by molar-refractivity contribution is -0.141. The van der Waals surface area contributed by atoms with Gasteiger partial charge in [-0.3, -0.25) is 4.79 Å². The van der Waals surface area contributed by atoms with E-state index < -0.39 is 0 Å². The van der Waals surface area contributed by atoms with E-state index in [0.717, 1.165) is 24.2 Å². The van der Waals surface area contributed by atoms with Crippen LogP contribution in [0.25, 0.3) is 0 Å². The maximum absolute atomic E-state index is 13.1. The number of ether oxygens (including phenoxy) is 2. The highest BCUT2D eigenvalue weighted by Gasteiger charge is 2.24. The van der Waals surface area contributed by atoms with E-state index in [1.807, 2.05) is 13.0 Å². The molecule has 6 nitrogen and oxygen atoms in total. The maximum Gasteiger partial charge on any atom is 0.260 e. The number of morpholine rings is 1. The summed E-state index contributed by atoms with van der Waals surface area (Å²) in [5.41, 5.74) is 1.91. The molecule has 1 amide bonds. The molecule has 0 saturated carbocycles. The Morgan fingerprint density at radius 2 is 2.27 bits per heavy atom.